The van der Waals surface area contributed by atoms with Crippen molar-refractivity contribution in [2.24, 2.45) is 11.8 Å². The smallest absolute Gasteiger partial charge is 0.242 e. The maximum absolute atomic E-state index is 12.0. The van der Waals surface area contributed by atoms with Crippen LogP contribution in [0.25, 0.3) is 0 Å². The summed E-state index contributed by atoms with van der Waals surface area (Å²) in [4.78, 5) is 24.0. The highest BCUT2D eigenvalue weighted by Crippen LogP contribution is 2.26. The zero-order valence-electron chi connectivity index (χ0n) is 13.8. The van der Waals surface area contributed by atoms with Gasteiger partial charge in [0.05, 0.1) is 11.5 Å². The fraction of sp³-hybridized carbons (Fsp3) is 0.875. The van der Waals surface area contributed by atoms with Gasteiger partial charge in [0.15, 0.2) is 9.84 Å². The number of hydrogen-bond donors (Lipinski definition) is 2. The number of carbonyl (C=O) groups excluding carboxylic acids is 2. The first-order valence-electron chi connectivity index (χ1n) is 8.63. The van der Waals surface area contributed by atoms with Crippen LogP contribution in [-0.4, -0.2) is 44.3 Å². The molecule has 0 bridgehead atoms. The molecule has 1 aliphatic carbocycles. The lowest BCUT2D eigenvalue weighted by atomic mass is 9.87. The molecular formula is C16H28N2O4S. The first-order chi connectivity index (χ1) is 10.9. The van der Waals surface area contributed by atoms with E-state index in [0.29, 0.717) is 25.3 Å². The quantitative estimate of drug-likeness (QED) is 0.752. The number of carbonyl (C=O) groups is 2. The summed E-state index contributed by atoms with van der Waals surface area (Å²) in [6.45, 7) is 2.03. The predicted octanol–water partition coefficient (Wildman–Crippen LogP) is 1.01. The van der Waals surface area contributed by atoms with E-state index in [2.05, 4.69) is 10.6 Å². The third-order valence-electron chi connectivity index (χ3n) is 4.86. The van der Waals surface area contributed by atoms with Gasteiger partial charge in [-0.2, -0.15) is 0 Å². The van der Waals surface area contributed by atoms with Gasteiger partial charge in [-0.15, -0.1) is 0 Å². The Morgan fingerprint density at radius 1 is 1.09 bits per heavy atom. The van der Waals surface area contributed by atoms with Gasteiger partial charge in [0.25, 0.3) is 0 Å². The summed E-state index contributed by atoms with van der Waals surface area (Å²) < 4.78 is 22.8. The van der Waals surface area contributed by atoms with Gasteiger partial charge >= 0.3 is 0 Å². The minimum Gasteiger partial charge on any atom is -0.354 e. The largest absolute Gasteiger partial charge is 0.354 e. The molecule has 2 unspecified atom stereocenters. The average molecular weight is 344 g/mol. The summed E-state index contributed by atoms with van der Waals surface area (Å²) >= 11 is 0. The highest BCUT2D eigenvalue weighted by Gasteiger charge is 2.28. The molecule has 7 heteroatoms. The second-order valence-electron chi connectivity index (χ2n) is 7.01. The molecule has 1 heterocycles. The van der Waals surface area contributed by atoms with E-state index in [9.17, 15) is 18.0 Å². The number of rotatable bonds is 6. The first kappa shape index (κ1) is 18.2. The Labute approximate surface area is 138 Å². The molecule has 1 saturated carbocycles. The van der Waals surface area contributed by atoms with E-state index < -0.39 is 15.9 Å². The summed E-state index contributed by atoms with van der Waals surface area (Å²) in [6, 6.07) is -0.580. The molecule has 2 atom stereocenters. The Balaban J connectivity index is 1.66. The number of hydrogen-bond acceptors (Lipinski definition) is 4. The highest BCUT2D eigenvalue weighted by atomic mass is 32.2. The monoisotopic (exact) mass is 344 g/mol. The second kappa shape index (κ2) is 8.13. The predicted molar refractivity (Wildman–Crippen MR) is 88.6 cm³/mol. The van der Waals surface area contributed by atoms with Crippen LogP contribution in [0.5, 0.6) is 0 Å². The molecule has 2 fully saturated rings. The fourth-order valence-corrected chi connectivity index (χ4v) is 5.31. The van der Waals surface area contributed by atoms with Gasteiger partial charge in [0.1, 0.15) is 6.04 Å². The van der Waals surface area contributed by atoms with Crippen LogP contribution in [0.4, 0.5) is 0 Å². The van der Waals surface area contributed by atoms with Gasteiger partial charge in [-0.3, -0.25) is 9.59 Å². The molecule has 2 aliphatic rings. The van der Waals surface area contributed by atoms with Crippen molar-refractivity contribution in [2.75, 3.05) is 18.1 Å². The van der Waals surface area contributed by atoms with Crippen LogP contribution in [0.1, 0.15) is 51.9 Å². The van der Waals surface area contributed by atoms with E-state index in [0.717, 1.165) is 12.8 Å². The Morgan fingerprint density at radius 2 is 1.78 bits per heavy atom. The molecule has 0 aromatic rings. The Hall–Kier alpha value is -1.11. The molecule has 2 rings (SSSR count). The van der Waals surface area contributed by atoms with Crippen molar-refractivity contribution in [1.29, 1.82) is 0 Å². The summed E-state index contributed by atoms with van der Waals surface area (Å²) in [5.41, 5.74) is 0. The zero-order valence-corrected chi connectivity index (χ0v) is 14.7. The van der Waals surface area contributed by atoms with Gasteiger partial charge in [-0.1, -0.05) is 19.3 Å². The van der Waals surface area contributed by atoms with E-state index in [-0.39, 0.29) is 29.2 Å². The van der Waals surface area contributed by atoms with Gasteiger partial charge in [0.2, 0.25) is 11.8 Å². The Morgan fingerprint density at radius 3 is 2.39 bits per heavy atom. The van der Waals surface area contributed by atoms with Gasteiger partial charge in [0, 0.05) is 13.0 Å². The SMILES string of the molecule is CC(NC(=O)CC1CCCCC1)C(=O)NCC1CCS(=O)(=O)C1. The van der Waals surface area contributed by atoms with E-state index >= 15 is 0 Å². The molecule has 132 valence electrons. The first-order valence-corrected chi connectivity index (χ1v) is 10.5. The lowest BCUT2D eigenvalue weighted by Crippen LogP contribution is -2.46. The molecule has 6 nitrogen and oxygen atoms in total. The molecule has 1 saturated heterocycles. The minimum atomic E-state index is -2.92. The lowest BCUT2D eigenvalue weighted by Gasteiger charge is -2.22. The van der Waals surface area contributed by atoms with Crippen molar-refractivity contribution < 1.29 is 18.0 Å². The van der Waals surface area contributed by atoms with Crippen LogP contribution in [-0.2, 0) is 19.4 Å². The third-order valence-corrected chi connectivity index (χ3v) is 6.70. The molecular weight excluding hydrogens is 316 g/mol. The molecule has 23 heavy (non-hydrogen) atoms. The summed E-state index contributed by atoms with van der Waals surface area (Å²) in [5, 5.41) is 5.50. The molecule has 0 aromatic carbocycles. The number of sulfone groups is 1. The normalized spacial score (nSPS) is 25.7. The van der Waals surface area contributed by atoms with Gasteiger partial charge in [-0.25, -0.2) is 8.42 Å². The van der Waals surface area contributed by atoms with Crippen molar-refractivity contribution in [3.63, 3.8) is 0 Å². The molecule has 2 N–H and O–H groups in total. The van der Waals surface area contributed by atoms with E-state index in [1.165, 1.54) is 19.3 Å². The molecule has 0 spiro atoms. The van der Waals surface area contributed by atoms with Gasteiger partial charge in [-0.05, 0) is 38.0 Å². The molecule has 0 aromatic heterocycles. The minimum absolute atomic E-state index is 0.00547. The van der Waals surface area contributed by atoms with Crippen molar-refractivity contribution in [3.05, 3.63) is 0 Å². The van der Waals surface area contributed by atoms with Gasteiger partial charge < -0.3 is 10.6 Å². The maximum Gasteiger partial charge on any atom is 0.242 e. The average Bonchev–Trinajstić information content (AvgIpc) is 2.85. The van der Waals surface area contributed by atoms with Crippen LogP contribution in [0.3, 0.4) is 0 Å². The van der Waals surface area contributed by atoms with E-state index in [1.807, 2.05) is 0 Å². The van der Waals surface area contributed by atoms with Crippen molar-refractivity contribution in [1.82, 2.24) is 10.6 Å². The standard InChI is InChI=1S/C16H28N2O4S/c1-12(18-15(19)9-13-5-3-2-4-6-13)16(20)17-10-14-7-8-23(21,22)11-14/h12-14H,2-11H2,1H3,(H,17,20)(H,18,19). The van der Waals surface area contributed by atoms with Crippen LogP contribution in [0, 0.1) is 11.8 Å². The lowest BCUT2D eigenvalue weighted by molar-refractivity contribution is -0.129. The van der Waals surface area contributed by atoms with Crippen molar-refractivity contribution in [3.8, 4) is 0 Å². The van der Waals surface area contributed by atoms with Crippen molar-refractivity contribution in [2.45, 2.75) is 57.9 Å². The Bertz CT molecular complexity index is 526. The van der Waals surface area contributed by atoms with Crippen LogP contribution in [0.2, 0.25) is 0 Å². The molecule has 2 amide bonds. The van der Waals surface area contributed by atoms with Crippen LogP contribution in [0.15, 0.2) is 0 Å². The zero-order chi connectivity index (χ0) is 16.9. The topological polar surface area (TPSA) is 92.3 Å². The van der Waals surface area contributed by atoms with Crippen LogP contribution >= 0.6 is 0 Å². The van der Waals surface area contributed by atoms with Crippen molar-refractivity contribution >= 4 is 21.7 Å². The summed E-state index contributed by atoms with van der Waals surface area (Å²) in [5.74, 6) is 0.489. The summed E-state index contributed by atoms with van der Waals surface area (Å²) in [6.07, 6.45) is 6.95. The summed E-state index contributed by atoms with van der Waals surface area (Å²) in [7, 11) is -2.92. The second-order valence-corrected chi connectivity index (χ2v) is 9.24. The third kappa shape index (κ3) is 6.12. The highest BCUT2D eigenvalue weighted by molar-refractivity contribution is 7.91. The number of amides is 2. The fourth-order valence-electron chi connectivity index (χ4n) is 3.45. The number of nitrogens with one attached hydrogen (secondary N) is 2. The molecule has 1 aliphatic heterocycles. The van der Waals surface area contributed by atoms with E-state index in [4.69, 9.17) is 0 Å². The molecule has 0 radical (unpaired) electrons. The van der Waals surface area contributed by atoms with Crippen LogP contribution < -0.4 is 10.6 Å². The van der Waals surface area contributed by atoms with E-state index in [1.54, 1.807) is 6.92 Å². The Kier molecular flexibility index (Phi) is 6.44. The maximum atomic E-state index is 12.0.